The summed E-state index contributed by atoms with van der Waals surface area (Å²) in [6.07, 6.45) is 1.14. The van der Waals surface area contributed by atoms with Gasteiger partial charge in [-0.3, -0.25) is 0 Å². The van der Waals surface area contributed by atoms with Crippen LogP contribution in [0.2, 0.25) is 0 Å². The van der Waals surface area contributed by atoms with Crippen molar-refractivity contribution in [3.05, 3.63) is 67.3 Å². The molecule has 0 saturated heterocycles. The zero-order chi connectivity index (χ0) is 12.8. The average Bonchev–Trinajstić information content (AvgIpc) is 2.40. The van der Waals surface area contributed by atoms with Crippen LogP contribution in [0.3, 0.4) is 0 Å². The van der Waals surface area contributed by atoms with Gasteiger partial charge in [0, 0.05) is 23.5 Å². The molecule has 0 atom stereocenters. The Bertz CT molecular complexity index is 549. The van der Waals surface area contributed by atoms with Crippen LogP contribution in [0.5, 0.6) is 5.75 Å². The first-order valence-electron chi connectivity index (χ1n) is 5.54. The van der Waals surface area contributed by atoms with Crippen molar-refractivity contribution in [3.8, 4) is 5.75 Å². The molecule has 3 heteroatoms. The Morgan fingerprint density at radius 3 is 2.50 bits per heavy atom. The van der Waals surface area contributed by atoms with Crippen molar-refractivity contribution in [3.63, 3.8) is 0 Å². The number of benzene rings is 2. The van der Waals surface area contributed by atoms with E-state index in [-0.39, 0.29) is 0 Å². The van der Waals surface area contributed by atoms with Gasteiger partial charge in [0.1, 0.15) is 5.75 Å². The Hall–Kier alpha value is -2.55. The van der Waals surface area contributed by atoms with E-state index in [1.54, 1.807) is 12.1 Å². The molecule has 0 spiro atoms. The standard InChI is InChI=1S/C15H13NO2/c1-2-15(17)18-14-10-6-9-13(11-14)16-12-7-4-3-5-8-12/h2-11,16H,1H2. The first kappa shape index (κ1) is 11.9. The third kappa shape index (κ3) is 3.22. The van der Waals surface area contributed by atoms with Crippen molar-refractivity contribution in [2.24, 2.45) is 0 Å². The van der Waals surface area contributed by atoms with Crippen molar-refractivity contribution in [1.82, 2.24) is 0 Å². The normalized spacial score (nSPS) is 9.56. The highest BCUT2D eigenvalue weighted by atomic mass is 16.5. The van der Waals surface area contributed by atoms with Gasteiger partial charge in [-0.2, -0.15) is 0 Å². The molecule has 0 bridgehead atoms. The maximum atomic E-state index is 11.1. The predicted octanol–water partition coefficient (Wildman–Crippen LogP) is 3.52. The molecule has 0 heterocycles. The zero-order valence-corrected chi connectivity index (χ0v) is 9.80. The third-order valence-electron chi connectivity index (χ3n) is 2.28. The van der Waals surface area contributed by atoms with Gasteiger partial charge in [-0.25, -0.2) is 4.79 Å². The maximum Gasteiger partial charge on any atom is 0.335 e. The second kappa shape index (κ2) is 5.68. The summed E-state index contributed by atoms with van der Waals surface area (Å²) < 4.78 is 5.04. The van der Waals surface area contributed by atoms with Crippen molar-refractivity contribution in [2.75, 3.05) is 5.32 Å². The topological polar surface area (TPSA) is 38.3 Å². The number of esters is 1. The van der Waals surface area contributed by atoms with Gasteiger partial charge in [-0.1, -0.05) is 30.8 Å². The lowest BCUT2D eigenvalue weighted by Gasteiger charge is -2.07. The highest BCUT2D eigenvalue weighted by Crippen LogP contribution is 2.21. The SMILES string of the molecule is C=CC(=O)Oc1cccc(Nc2ccccc2)c1. The quantitative estimate of drug-likeness (QED) is 0.504. The van der Waals surface area contributed by atoms with Crippen LogP contribution in [-0.4, -0.2) is 5.97 Å². The highest BCUT2D eigenvalue weighted by Gasteiger charge is 2.01. The molecule has 0 aliphatic carbocycles. The minimum absolute atomic E-state index is 0.466. The third-order valence-corrected chi connectivity index (χ3v) is 2.28. The van der Waals surface area contributed by atoms with Crippen LogP contribution in [0.25, 0.3) is 0 Å². The van der Waals surface area contributed by atoms with Crippen molar-refractivity contribution < 1.29 is 9.53 Å². The van der Waals surface area contributed by atoms with Gasteiger partial charge in [0.2, 0.25) is 0 Å². The van der Waals surface area contributed by atoms with E-state index < -0.39 is 5.97 Å². The summed E-state index contributed by atoms with van der Waals surface area (Å²) in [6.45, 7) is 3.36. The summed E-state index contributed by atoms with van der Waals surface area (Å²) in [5.41, 5.74) is 1.83. The number of ether oxygens (including phenoxy) is 1. The molecule has 2 aromatic rings. The van der Waals surface area contributed by atoms with Gasteiger partial charge in [0.15, 0.2) is 0 Å². The number of hydrogen-bond donors (Lipinski definition) is 1. The molecule has 0 aliphatic heterocycles. The number of carbonyl (C=O) groups is 1. The van der Waals surface area contributed by atoms with Gasteiger partial charge in [-0.15, -0.1) is 0 Å². The lowest BCUT2D eigenvalue weighted by molar-refractivity contribution is -0.128. The Morgan fingerprint density at radius 1 is 1.06 bits per heavy atom. The van der Waals surface area contributed by atoms with Crippen molar-refractivity contribution in [2.45, 2.75) is 0 Å². The van der Waals surface area contributed by atoms with Crippen LogP contribution in [0.15, 0.2) is 67.3 Å². The molecular weight excluding hydrogens is 226 g/mol. The molecule has 0 aliphatic rings. The number of para-hydroxylation sites is 1. The minimum Gasteiger partial charge on any atom is -0.423 e. The lowest BCUT2D eigenvalue weighted by atomic mass is 10.2. The molecule has 2 rings (SSSR count). The molecule has 18 heavy (non-hydrogen) atoms. The van der Waals surface area contributed by atoms with Gasteiger partial charge in [0.25, 0.3) is 0 Å². The minimum atomic E-state index is -0.466. The molecule has 0 amide bonds. The first-order chi connectivity index (χ1) is 8.78. The van der Waals surface area contributed by atoms with Gasteiger partial charge in [-0.05, 0) is 24.3 Å². The Balaban J connectivity index is 2.12. The summed E-state index contributed by atoms with van der Waals surface area (Å²) in [7, 11) is 0. The van der Waals surface area contributed by atoms with Crippen LogP contribution in [0.4, 0.5) is 11.4 Å². The van der Waals surface area contributed by atoms with Crippen LogP contribution in [-0.2, 0) is 4.79 Å². The van der Waals surface area contributed by atoms with Crippen molar-refractivity contribution >= 4 is 17.3 Å². The van der Waals surface area contributed by atoms with E-state index in [1.807, 2.05) is 42.5 Å². The second-order valence-electron chi connectivity index (χ2n) is 3.64. The van der Waals surface area contributed by atoms with Crippen LogP contribution in [0, 0.1) is 0 Å². The summed E-state index contributed by atoms with van der Waals surface area (Å²) in [4.78, 5) is 11.1. The molecule has 90 valence electrons. The van der Waals surface area contributed by atoms with E-state index in [1.165, 1.54) is 0 Å². The van der Waals surface area contributed by atoms with Crippen LogP contribution in [0.1, 0.15) is 0 Å². The molecule has 2 aromatic carbocycles. The zero-order valence-electron chi connectivity index (χ0n) is 9.80. The molecule has 3 nitrogen and oxygen atoms in total. The van der Waals surface area contributed by atoms with Gasteiger partial charge < -0.3 is 10.1 Å². The van der Waals surface area contributed by atoms with E-state index in [9.17, 15) is 4.79 Å². The monoisotopic (exact) mass is 239 g/mol. The van der Waals surface area contributed by atoms with E-state index in [2.05, 4.69) is 11.9 Å². The van der Waals surface area contributed by atoms with E-state index in [0.29, 0.717) is 5.75 Å². The Morgan fingerprint density at radius 2 is 1.78 bits per heavy atom. The Labute approximate surface area is 106 Å². The van der Waals surface area contributed by atoms with Gasteiger partial charge in [0.05, 0.1) is 0 Å². The molecule has 0 aromatic heterocycles. The van der Waals surface area contributed by atoms with Crippen LogP contribution < -0.4 is 10.1 Å². The maximum absolute atomic E-state index is 11.1. The van der Waals surface area contributed by atoms with E-state index in [0.717, 1.165) is 17.5 Å². The molecule has 0 saturated carbocycles. The fourth-order valence-corrected chi connectivity index (χ4v) is 1.48. The molecule has 0 fully saturated rings. The highest BCUT2D eigenvalue weighted by molar-refractivity contribution is 5.83. The molecule has 1 N–H and O–H groups in total. The lowest BCUT2D eigenvalue weighted by Crippen LogP contribution is -2.03. The number of anilines is 2. The fraction of sp³-hybridized carbons (Fsp3) is 0. The second-order valence-corrected chi connectivity index (χ2v) is 3.64. The Kier molecular flexibility index (Phi) is 3.76. The number of nitrogens with one attached hydrogen (secondary N) is 1. The van der Waals surface area contributed by atoms with E-state index in [4.69, 9.17) is 4.74 Å². The largest absolute Gasteiger partial charge is 0.423 e. The molecular formula is C15H13NO2. The smallest absolute Gasteiger partial charge is 0.335 e. The summed E-state index contributed by atoms with van der Waals surface area (Å²) >= 11 is 0. The summed E-state index contributed by atoms with van der Waals surface area (Å²) in [6, 6.07) is 17.0. The fourth-order valence-electron chi connectivity index (χ4n) is 1.48. The number of hydrogen-bond acceptors (Lipinski definition) is 3. The van der Waals surface area contributed by atoms with E-state index >= 15 is 0 Å². The molecule has 0 radical (unpaired) electrons. The summed E-state index contributed by atoms with van der Waals surface area (Å²) in [5.74, 6) is 0.0210. The van der Waals surface area contributed by atoms with Crippen molar-refractivity contribution in [1.29, 1.82) is 0 Å². The van der Waals surface area contributed by atoms with Gasteiger partial charge >= 0.3 is 5.97 Å². The molecule has 0 unspecified atom stereocenters. The summed E-state index contributed by atoms with van der Waals surface area (Å²) in [5, 5.41) is 3.22. The number of rotatable bonds is 4. The first-order valence-corrected chi connectivity index (χ1v) is 5.54. The van der Waals surface area contributed by atoms with Crippen LogP contribution >= 0.6 is 0 Å². The number of carbonyl (C=O) groups excluding carboxylic acids is 1. The predicted molar refractivity (Wildman–Crippen MR) is 72.0 cm³/mol. The average molecular weight is 239 g/mol.